The number of nitrogens with zero attached hydrogens (tertiary/aromatic N) is 2. The molecular weight excluding hydrogens is 299 g/mol. The molecule has 1 aromatic heterocycles. The van der Waals surface area contributed by atoms with Crippen molar-refractivity contribution in [1.82, 2.24) is 10.1 Å². The number of ether oxygens (including phenoxy) is 1. The summed E-state index contributed by atoms with van der Waals surface area (Å²) in [4.78, 5) is 2.15. The lowest BCUT2D eigenvalue weighted by Crippen LogP contribution is -2.35. The van der Waals surface area contributed by atoms with E-state index in [1.807, 2.05) is 6.07 Å². The molecule has 23 heavy (non-hydrogen) atoms. The second-order valence-corrected chi connectivity index (χ2v) is 6.21. The molecule has 1 fully saturated rings. The van der Waals surface area contributed by atoms with Crippen molar-refractivity contribution in [3.8, 4) is 0 Å². The topological polar surface area (TPSA) is 58.7 Å². The van der Waals surface area contributed by atoms with Gasteiger partial charge in [-0.2, -0.15) is 0 Å². The number of hydrogen-bond acceptors (Lipinski definition) is 5. The first-order valence-corrected chi connectivity index (χ1v) is 7.69. The van der Waals surface area contributed by atoms with Gasteiger partial charge < -0.3 is 14.4 Å². The lowest BCUT2D eigenvalue weighted by atomic mass is 9.94. The van der Waals surface area contributed by atoms with Crippen LogP contribution in [0.15, 0.2) is 34.9 Å². The van der Waals surface area contributed by atoms with Crippen molar-refractivity contribution < 1.29 is 18.8 Å². The highest BCUT2D eigenvalue weighted by molar-refractivity contribution is 5.19. The molecule has 0 amide bonds. The Balaban J connectivity index is 1.57. The summed E-state index contributed by atoms with van der Waals surface area (Å²) in [5.74, 6) is 0.440. The molecule has 0 saturated carbocycles. The highest BCUT2D eigenvalue weighted by Crippen LogP contribution is 2.26. The maximum Gasteiger partial charge on any atom is 0.162 e. The quantitative estimate of drug-likeness (QED) is 0.884. The average Bonchev–Trinajstić information content (AvgIpc) is 3.10. The summed E-state index contributed by atoms with van der Waals surface area (Å²) in [5, 5.41) is 14.8. The van der Waals surface area contributed by atoms with E-state index in [4.69, 9.17) is 9.26 Å². The van der Waals surface area contributed by atoms with Crippen molar-refractivity contribution in [1.29, 1.82) is 0 Å². The maximum atomic E-state index is 13.0. The predicted octanol–water partition coefficient (Wildman–Crippen LogP) is 2.14. The van der Waals surface area contributed by atoms with Crippen LogP contribution >= 0.6 is 0 Å². The summed E-state index contributed by atoms with van der Waals surface area (Å²) < 4.78 is 23.1. The van der Waals surface area contributed by atoms with Gasteiger partial charge in [0, 0.05) is 39.2 Å². The molecule has 6 heteroatoms. The molecule has 1 atom stereocenters. The first-order chi connectivity index (χ1) is 11.1. The monoisotopic (exact) mass is 320 g/mol. The molecule has 0 bridgehead atoms. The van der Waals surface area contributed by atoms with Crippen molar-refractivity contribution in [2.75, 3.05) is 20.2 Å². The molecule has 1 N–H and O–H groups in total. The van der Waals surface area contributed by atoms with Gasteiger partial charge in [-0.05, 0) is 24.1 Å². The summed E-state index contributed by atoms with van der Waals surface area (Å²) in [6.45, 7) is 2.40. The SMILES string of the molecule is COCc1cc(CN2CCC(O)(Cc3ccc(F)cc3)C2)no1. The molecule has 0 radical (unpaired) electrons. The van der Waals surface area contributed by atoms with E-state index < -0.39 is 5.60 Å². The Labute approximate surface area is 134 Å². The second kappa shape index (κ2) is 6.78. The van der Waals surface area contributed by atoms with Crippen LogP contribution in [0, 0.1) is 5.82 Å². The smallest absolute Gasteiger partial charge is 0.162 e. The number of halogens is 1. The molecule has 5 nitrogen and oxygen atoms in total. The van der Waals surface area contributed by atoms with Gasteiger partial charge in [0.2, 0.25) is 0 Å². The summed E-state index contributed by atoms with van der Waals surface area (Å²) in [7, 11) is 1.61. The van der Waals surface area contributed by atoms with Gasteiger partial charge in [0.15, 0.2) is 5.76 Å². The summed E-state index contributed by atoms with van der Waals surface area (Å²) in [5.41, 5.74) is 0.999. The summed E-state index contributed by atoms with van der Waals surface area (Å²) in [6, 6.07) is 8.19. The Hall–Kier alpha value is -1.76. The Kier molecular flexibility index (Phi) is 4.75. The lowest BCUT2D eigenvalue weighted by Gasteiger charge is -2.23. The minimum atomic E-state index is -0.781. The Morgan fingerprint density at radius 1 is 1.39 bits per heavy atom. The molecule has 0 aliphatic carbocycles. The zero-order valence-corrected chi connectivity index (χ0v) is 13.2. The van der Waals surface area contributed by atoms with Crippen LogP contribution in [0.1, 0.15) is 23.4 Å². The fourth-order valence-electron chi connectivity index (χ4n) is 3.07. The van der Waals surface area contributed by atoms with Crippen molar-refractivity contribution in [3.05, 3.63) is 53.2 Å². The minimum Gasteiger partial charge on any atom is -0.388 e. The zero-order chi connectivity index (χ0) is 16.3. The fraction of sp³-hybridized carbons (Fsp3) is 0.471. The standard InChI is InChI=1S/C17H21FN2O3/c1-22-11-16-8-15(19-23-16)10-20-7-6-17(21,12-20)9-13-2-4-14(18)5-3-13/h2-5,8,21H,6-7,9-12H2,1H3. The van der Waals surface area contributed by atoms with Gasteiger partial charge in [0.25, 0.3) is 0 Å². The molecule has 3 rings (SSSR count). The number of hydrogen-bond donors (Lipinski definition) is 1. The van der Waals surface area contributed by atoms with Crippen LogP contribution in [0.5, 0.6) is 0 Å². The number of rotatable bonds is 6. The van der Waals surface area contributed by atoms with Gasteiger partial charge in [0.1, 0.15) is 12.4 Å². The van der Waals surface area contributed by atoms with E-state index in [9.17, 15) is 9.50 Å². The van der Waals surface area contributed by atoms with E-state index >= 15 is 0 Å². The lowest BCUT2D eigenvalue weighted by molar-refractivity contribution is 0.0485. The van der Waals surface area contributed by atoms with E-state index in [2.05, 4.69) is 10.1 Å². The molecule has 1 aromatic carbocycles. The molecule has 0 spiro atoms. The molecule has 2 aromatic rings. The average molecular weight is 320 g/mol. The van der Waals surface area contributed by atoms with Crippen LogP contribution in [0.4, 0.5) is 4.39 Å². The number of likely N-dealkylation sites (tertiary alicyclic amines) is 1. The summed E-state index contributed by atoms with van der Waals surface area (Å²) >= 11 is 0. The minimum absolute atomic E-state index is 0.258. The van der Waals surface area contributed by atoms with Gasteiger partial charge in [-0.15, -0.1) is 0 Å². The van der Waals surface area contributed by atoms with E-state index in [0.717, 1.165) is 17.8 Å². The number of benzene rings is 1. The van der Waals surface area contributed by atoms with Crippen LogP contribution in [0.25, 0.3) is 0 Å². The Morgan fingerprint density at radius 3 is 2.91 bits per heavy atom. The van der Waals surface area contributed by atoms with Gasteiger partial charge in [-0.1, -0.05) is 17.3 Å². The summed E-state index contributed by atoms with van der Waals surface area (Å²) in [6.07, 6.45) is 1.21. The highest BCUT2D eigenvalue weighted by atomic mass is 19.1. The van der Waals surface area contributed by atoms with E-state index in [-0.39, 0.29) is 5.82 Å². The molecule has 1 unspecified atom stereocenters. The van der Waals surface area contributed by atoms with Gasteiger partial charge in [0.05, 0.1) is 11.3 Å². The number of aromatic nitrogens is 1. The predicted molar refractivity (Wildman–Crippen MR) is 82.2 cm³/mol. The molecule has 124 valence electrons. The van der Waals surface area contributed by atoms with E-state index in [1.165, 1.54) is 12.1 Å². The first-order valence-electron chi connectivity index (χ1n) is 7.69. The molecule has 1 aliphatic heterocycles. The largest absolute Gasteiger partial charge is 0.388 e. The van der Waals surface area contributed by atoms with Crippen LogP contribution in [0.3, 0.4) is 0 Å². The maximum absolute atomic E-state index is 13.0. The van der Waals surface area contributed by atoms with Crippen molar-refractivity contribution in [2.45, 2.75) is 31.6 Å². The Bertz CT molecular complexity index is 644. The third-order valence-electron chi connectivity index (χ3n) is 4.14. The highest BCUT2D eigenvalue weighted by Gasteiger charge is 2.36. The van der Waals surface area contributed by atoms with Crippen LogP contribution in [-0.4, -0.2) is 41.0 Å². The van der Waals surface area contributed by atoms with Crippen molar-refractivity contribution in [2.24, 2.45) is 0 Å². The zero-order valence-electron chi connectivity index (χ0n) is 13.2. The van der Waals surface area contributed by atoms with E-state index in [1.54, 1.807) is 19.2 Å². The number of aliphatic hydroxyl groups is 1. The number of β-amino-alcohol motifs (C(OH)–C–C–N with tert-alkyl or cyclic N) is 1. The molecule has 1 aliphatic rings. The van der Waals surface area contributed by atoms with Crippen LogP contribution in [0.2, 0.25) is 0 Å². The van der Waals surface area contributed by atoms with Gasteiger partial charge in [-0.25, -0.2) is 4.39 Å². The van der Waals surface area contributed by atoms with Crippen LogP contribution in [-0.2, 0) is 24.3 Å². The third kappa shape index (κ3) is 4.16. The second-order valence-electron chi connectivity index (χ2n) is 6.21. The molecular formula is C17H21FN2O3. The fourth-order valence-corrected chi connectivity index (χ4v) is 3.07. The third-order valence-corrected chi connectivity index (χ3v) is 4.14. The Morgan fingerprint density at radius 2 is 2.17 bits per heavy atom. The molecule has 1 saturated heterocycles. The van der Waals surface area contributed by atoms with Crippen LogP contribution < -0.4 is 0 Å². The first kappa shape index (κ1) is 16.1. The van der Waals surface area contributed by atoms with Crippen molar-refractivity contribution in [3.63, 3.8) is 0 Å². The molecule has 2 heterocycles. The number of methoxy groups -OCH3 is 1. The van der Waals surface area contributed by atoms with Crippen molar-refractivity contribution >= 4 is 0 Å². The van der Waals surface area contributed by atoms with Gasteiger partial charge in [-0.3, -0.25) is 4.90 Å². The normalized spacial score (nSPS) is 21.9. The van der Waals surface area contributed by atoms with E-state index in [0.29, 0.717) is 38.3 Å². The van der Waals surface area contributed by atoms with Gasteiger partial charge >= 0.3 is 0 Å².